The van der Waals surface area contributed by atoms with Gasteiger partial charge in [-0.1, -0.05) is 19.9 Å². The molecule has 3 unspecified atom stereocenters. The van der Waals surface area contributed by atoms with Gasteiger partial charge in [0.2, 0.25) is 18.6 Å². The number of benzene rings is 1. The minimum absolute atomic E-state index is 0.0764. The Balaban J connectivity index is 0.000000915. The summed E-state index contributed by atoms with van der Waals surface area (Å²) >= 11 is 0. The third-order valence-electron chi connectivity index (χ3n) is 5.89. The fourth-order valence-corrected chi connectivity index (χ4v) is 3.40. The van der Waals surface area contributed by atoms with Crippen molar-refractivity contribution in [3.8, 4) is 5.75 Å². The van der Waals surface area contributed by atoms with Crippen LogP contribution in [-0.4, -0.2) is 90.2 Å². The molecule has 0 bridgehead atoms. The lowest BCUT2D eigenvalue weighted by atomic mass is 10.0. The van der Waals surface area contributed by atoms with Crippen LogP contribution in [-0.2, 0) is 30.5 Å². The van der Waals surface area contributed by atoms with Crippen LogP contribution in [0.5, 0.6) is 5.75 Å². The zero-order chi connectivity index (χ0) is 31.1. The first-order valence-electron chi connectivity index (χ1n) is 13.7. The van der Waals surface area contributed by atoms with E-state index in [1.54, 1.807) is 27.0 Å². The molecule has 1 aliphatic rings. The molecule has 3 atom stereocenters. The van der Waals surface area contributed by atoms with Crippen molar-refractivity contribution < 1.29 is 43.6 Å². The smallest absolute Gasteiger partial charge is 0.407 e. The standard InChI is InChI=1S/C23H35N3O7.C5H11NO2/c1-14(2)23(30)31-12-16-5-6-18(26-15(3)4)19(9-16)32-21-11-17(28)10-20(33-21)22(29)25-8-7-24-13-27;1-4(2)6(3)5(7)8/h5-6,9,13-15,17,20-21,26,28H,7-8,10-12H2,1-4H3,(H,24,27)(H,25,29);4H,1-3H3,(H,7,8). The number of rotatable bonds is 13. The Morgan fingerprint density at radius 2 is 1.80 bits per heavy atom. The van der Waals surface area contributed by atoms with Gasteiger partial charge in [-0.05, 0) is 45.4 Å². The molecule has 0 radical (unpaired) electrons. The largest absolute Gasteiger partial charge is 0.465 e. The van der Waals surface area contributed by atoms with E-state index in [-0.39, 0.29) is 55.9 Å². The lowest BCUT2D eigenvalue weighted by Crippen LogP contribution is -2.47. The van der Waals surface area contributed by atoms with Crippen molar-refractivity contribution >= 4 is 30.1 Å². The molecule has 5 N–H and O–H groups in total. The predicted molar refractivity (Wildman–Crippen MR) is 152 cm³/mol. The number of anilines is 1. The van der Waals surface area contributed by atoms with Crippen molar-refractivity contribution in [3.05, 3.63) is 23.8 Å². The van der Waals surface area contributed by atoms with Crippen LogP contribution in [0.2, 0.25) is 0 Å². The average molecular weight is 583 g/mol. The lowest BCUT2D eigenvalue weighted by Gasteiger charge is -2.33. The number of carbonyl (C=O) groups excluding carboxylic acids is 3. The third kappa shape index (κ3) is 13.6. The van der Waals surface area contributed by atoms with Gasteiger partial charge in [-0.25, -0.2) is 4.79 Å². The number of nitrogens with one attached hydrogen (secondary N) is 3. The Morgan fingerprint density at radius 3 is 2.34 bits per heavy atom. The van der Waals surface area contributed by atoms with Crippen LogP contribution in [0.15, 0.2) is 18.2 Å². The Morgan fingerprint density at radius 1 is 1.12 bits per heavy atom. The van der Waals surface area contributed by atoms with Crippen LogP contribution in [0, 0.1) is 5.92 Å². The van der Waals surface area contributed by atoms with Crippen LogP contribution in [0.25, 0.3) is 0 Å². The quantitative estimate of drug-likeness (QED) is 0.132. The first-order chi connectivity index (χ1) is 19.2. The van der Waals surface area contributed by atoms with Crippen LogP contribution in [0.3, 0.4) is 0 Å². The van der Waals surface area contributed by atoms with Gasteiger partial charge < -0.3 is 45.3 Å². The lowest BCUT2D eigenvalue weighted by molar-refractivity contribution is -0.184. The van der Waals surface area contributed by atoms with E-state index in [2.05, 4.69) is 16.0 Å². The van der Waals surface area contributed by atoms with Crippen LogP contribution < -0.4 is 20.7 Å². The van der Waals surface area contributed by atoms with Gasteiger partial charge in [0.1, 0.15) is 18.5 Å². The number of carboxylic acid groups (broad SMARTS) is 1. The van der Waals surface area contributed by atoms with Gasteiger partial charge in [0, 0.05) is 45.1 Å². The van der Waals surface area contributed by atoms with Crippen molar-refractivity contribution in [2.75, 3.05) is 25.5 Å². The summed E-state index contributed by atoms with van der Waals surface area (Å²) in [6, 6.07) is 5.63. The van der Waals surface area contributed by atoms with Crippen molar-refractivity contribution in [2.45, 2.75) is 91.6 Å². The number of carbonyl (C=O) groups is 4. The Hall–Kier alpha value is -3.58. The highest BCUT2D eigenvalue weighted by molar-refractivity contribution is 5.81. The summed E-state index contributed by atoms with van der Waals surface area (Å²) < 4.78 is 17.2. The molecule has 13 nitrogen and oxygen atoms in total. The van der Waals surface area contributed by atoms with E-state index in [9.17, 15) is 24.3 Å². The summed E-state index contributed by atoms with van der Waals surface area (Å²) in [5.41, 5.74) is 1.45. The number of aliphatic hydroxyl groups is 1. The second kappa shape index (κ2) is 18.0. The Kier molecular flexibility index (Phi) is 15.5. The summed E-state index contributed by atoms with van der Waals surface area (Å²) in [6.45, 7) is 11.8. The summed E-state index contributed by atoms with van der Waals surface area (Å²) in [5, 5.41) is 27.0. The van der Waals surface area contributed by atoms with Gasteiger partial charge in [-0.15, -0.1) is 0 Å². The van der Waals surface area contributed by atoms with Crippen molar-refractivity contribution in [1.82, 2.24) is 15.5 Å². The number of hydrogen-bond acceptors (Lipinski definition) is 9. The molecule has 1 saturated heterocycles. The molecule has 0 aromatic heterocycles. The van der Waals surface area contributed by atoms with E-state index in [1.807, 2.05) is 39.8 Å². The fourth-order valence-electron chi connectivity index (χ4n) is 3.40. The number of nitrogens with zero attached hydrogens (tertiary/aromatic N) is 1. The first-order valence-corrected chi connectivity index (χ1v) is 13.7. The molecule has 1 aliphatic heterocycles. The maximum Gasteiger partial charge on any atom is 0.407 e. The van der Waals surface area contributed by atoms with Gasteiger partial charge in [-0.3, -0.25) is 14.4 Å². The second-order valence-corrected chi connectivity index (χ2v) is 10.5. The normalized spacial score (nSPS) is 18.2. The van der Waals surface area contributed by atoms with E-state index < -0.39 is 24.6 Å². The molecule has 232 valence electrons. The molecule has 3 amide bonds. The number of hydrogen-bond donors (Lipinski definition) is 5. The topological polar surface area (TPSA) is 176 Å². The van der Waals surface area contributed by atoms with Crippen molar-refractivity contribution in [3.63, 3.8) is 0 Å². The van der Waals surface area contributed by atoms with Gasteiger partial charge in [0.25, 0.3) is 0 Å². The number of amides is 3. The first kappa shape index (κ1) is 35.4. The molecular formula is C28H46N4O9. The van der Waals surface area contributed by atoms with E-state index in [1.165, 1.54) is 4.90 Å². The maximum absolute atomic E-state index is 12.4. The number of aliphatic hydroxyl groups excluding tert-OH is 1. The molecule has 0 spiro atoms. The molecule has 0 saturated carbocycles. The fraction of sp³-hybridized carbons (Fsp3) is 0.643. The minimum Gasteiger partial charge on any atom is -0.465 e. The molecule has 13 heteroatoms. The zero-order valence-corrected chi connectivity index (χ0v) is 25.0. The average Bonchev–Trinajstić information content (AvgIpc) is 2.90. The molecule has 2 rings (SSSR count). The summed E-state index contributed by atoms with van der Waals surface area (Å²) in [6.07, 6.45) is -2.48. The van der Waals surface area contributed by atoms with E-state index >= 15 is 0 Å². The highest BCUT2D eigenvalue weighted by Crippen LogP contribution is 2.31. The number of esters is 1. The highest BCUT2D eigenvalue weighted by atomic mass is 16.7. The van der Waals surface area contributed by atoms with Gasteiger partial charge in [0.15, 0.2) is 0 Å². The van der Waals surface area contributed by atoms with Crippen LogP contribution in [0.4, 0.5) is 10.5 Å². The summed E-state index contributed by atoms with van der Waals surface area (Å²) in [7, 11) is 1.55. The summed E-state index contributed by atoms with van der Waals surface area (Å²) in [5.74, 6) is -0.435. The Bertz CT molecular complexity index is 987. The molecule has 1 aromatic rings. The third-order valence-corrected chi connectivity index (χ3v) is 5.89. The monoisotopic (exact) mass is 582 g/mol. The van der Waals surface area contributed by atoms with E-state index in [0.717, 1.165) is 5.56 Å². The molecule has 1 aromatic carbocycles. The maximum atomic E-state index is 12.4. The summed E-state index contributed by atoms with van der Waals surface area (Å²) in [4.78, 5) is 45.8. The van der Waals surface area contributed by atoms with Gasteiger partial charge in [0.05, 0.1) is 17.7 Å². The molecule has 41 heavy (non-hydrogen) atoms. The minimum atomic E-state index is -0.883. The van der Waals surface area contributed by atoms with Crippen molar-refractivity contribution in [2.24, 2.45) is 5.92 Å². The van der Waals surface area contributed by atoms with Gasteiger partial charge in [-0.2, -0.15) is 0 Å². The molecule has 1 heterocycles. The van der Waals surface area contributed by atoms with E-state index in [4.69, 9.17) is 19.3 Å². The second-order valence-electron chi connectivity index (χ2n) is 10.5. The van der Waals surface area contributed by atoms with Gasteiger partial charge >= 0.3 is 12.1 Å². The molecular weight excluding hydrogens is 536 g/mol. The van der Waals surface area contributed by atoms with E-state index in [0.29, 0.717) is 24.4 Å². The van der Waals surface area contributed by atoms with Crippen LogP contribution >= 0.6 is 0 Å². The molecule has 1 fully saturated rings. The zero-order valence-electron chi connectivity index (χ0n) is 25.0. The van der Waals surface area contributed by atoms with Crippen LogP contribution in [0.1, 0.15) is 59.9 Å². The highest BCUT2D eigenvalue weighted by Gasteiger charge is 2.34. The SMILES string of the molecule is CC(C)N(C)C(=O)O.CC(C)Nc1ccc(COC(=O)C(C)C)cc1OC1CC(O)CC(C(=O)NCCNC=O)O1. The predicted octanol–water partition coefficient (Wildman–Crippen LogP) is 2.32. The number of ether oxygens (including phenoxy) is 3. The Labute approximate surface area is 241 Å². The van der Waals surface area contributed by atoms with Crippen molar-refractivity contribution in [1.29, 1.82) is 0 Å². The molecule has 0 aliphatic carbocycles.